The lowest BCUT2D eigenvalue weighted by Crippen LogP contribution is -3.10. The van der Waals surface area contributed by atoms with Crippen molar-refractivity contribution in [2.24, 2.45) is 0 Å². The number of benzene rings is 1. The zero-order valence-corrected chi connectivity index (χ0v) is 13.7. The number of carbonyl (C=O) groups excluding carboxylic acids is 2. The molecule has 3 N–H and O–H groups in total. The second-order valence-electron chi connectivity index (χ2n) is 4.99. The van der Waals surface area contributed by atoms with Gasteiger partial charge in [-0.05, 0) is 30.7 Å². The molecule has 7 heteroatoms. The van der Waals surface area contributed by atoms with Crippen molar-refractivity contribution in [1.82, 2.24) is 10.6 Å². The van der Waals surface area contributed by atoms with Gasteiger partial charge in [0, 0.05) is 11.6 Å². The van der Waals surface area contributed by atoms with E-state index in [1.165, 1.54) is 0 Å². The number of hydrogen-bond donors (Lipinski definition) is 3. The summed E-state index contributed by atoms with van der Waals surface area (Å²) in [6.07, 6.45) is 0.828. The quantitative estimate of drug-likeness (QED) is 0.649. The number of ether oxygens (including phenoxy) is 1. The molecular weight excluding hydrogens is 306 g/mol. The highest BCUT2D eigenvalue weighted by Gasteiger charge is 2.12. The minimum Gasteiger partial charge on any atom is -0.488 e. The van der Waals surface area contributed by atoms with Crippen molar-refractivity contribution in [1.29, 1.82) is 0 Å². The van der Waals surface area contributed by atoms with E-state index in [2.05, 4.69) is 10.6 Å². The van der Waals surface area contributed by atoms with Crippen LogP contribution < -0.4 is 20.3 Å². The van der Waals surface area contributed by atoms with Gasteiger partial charge < -0.3 is 15.0 Å². The molecule has 0 saturated carbocycles. The van der Waals surface area contributed by atoms with Crippen LogP contribution in [-0.2, 0) is 4.79 Å². The molecule has 1 unspecified atom stereocenters. The summed E-state index contributed by atoms with van der Waals surface area (Å²) in [6, 6.07) is 6.66. The summed E-state index contributed by atoms with van der Waals surface area (Å²) in [5, 5.41) is 5.55. The molecule has 0 heterocycles. The van der Waals surface area contributed by atoms with Crippen LogP contribution in [0, 0.1) is 0 Å². The molecule has 0 fully saturated rings. The third-order valence-corrected chi connectivity index (χ3v) is 3.11. The van der Waals surface area contributed by atoms with E-state index in [1.54, 1.807) is 24.3 Å². The molecule has 22 heavy (non-hydrogen) atoms. The second-order valence-corrected chi connectivity index (χ2v) is 5.43. The van der Waals surface area contributed by atoms with Crippen molar-refractivity contribution in [2.75, 3.05) is 33.3 Å². The van der Waals surface area contributed by atoms with Gasteiger partial charge in [-0.2, -0.15) is 0 Å². The third-order valence-electron chi connectivity index (χ3n) is 2.86. The third kappa shape index (κ3) is 7.85. The number of halogens is 1. The fourth-order valence-electron chi connectivity index (χ4n) is 1.69. The average molecular weight is 329 g/mol. The Balaban J connectivity index is 2.19. The summed E-state index contributed by atoms with van der Waals surface area (Å²) in [5.41, 5.74) is 0. The molecule has 0 radical (unpaired) electrons. The van der Waals surface area contributed by atoms with Crippen LogP contribution in [0.5, 0.6) is 5.75 Å². The largest absolute Gasteiger partial charge is 0.488 e. The normalized spacial score (nSPS) is 11.6. The van der Waals surface area contributed by atoms with E-state index in [-0.39, 0.29) is 12.5 Å². The van der Waals surface area contributed by atoms with Gasteiger partial charge in [0.05, 0.1) is 7.05 Å². The molecule has 122 valence electrons. The number of quaternary nitrogens is 1. The Morgan fingerprint density at radius 3 is 2.59 bits per heavy atom. The summed E-state index contributed by atoms with van der Waals surface area (Å²) < 4.78 is 5.56. The Morgan fingerprint density at radius 1 is 1.27 bits per heavy atom. The monoisotopic (exact) mass is 328 g/mol. The Labute approximate surface area is 135 Å². The summed E-state index contributed by atoms with van der Waals surface area (Å²) in [5.74, 6) is 0.429. The number of imide groups is 1. The summed E-state index contributed by atoms with van der Waals surface area (Å²) in [4.78, 5) is 23.9. The molecule has 3 amide bonds. The van der Waals surface area contributed by atoms with E-state index in [9.17, 15) is 9.59 Å². The van der Waals surface area contributed by atoms with Gasteiger partial charge in [0.1, 0.15) is 18.9 Å². The Morgan fingerprint density at radius 2 is 1.95 bits per heavy atom. The maximum absolute atomic E-state index is 11.6. The van der Waals surface area contributed by atoms with Crippen LogP contribution >= 0.6 is 11.6 Å². The molecule has 1 aromatic rings. The molecular formula is C15H23ClN3O3+. The Bertz CT molecular complexity index is 479. The minimum atomic E-state index is -0.447. The van der Waals surface area contributed by atoms with E-state index in [4.69, 9.17) is 16.3 Å². The first-order valence-electron chi connectivity index (χ1n) is 7.28. The number of carbonyl (C=O) groups is 2. The van der Waals surface area contributed by atoms with Crippen LogP contribution in [0.2, 0.25) is 5.02 Å². The lowest BCUT2D eigenvalue weighted by atomic mass is 10.3. The number of nitrogens with one attached hydrogen (secondary N) is 3. The van der Waals surface area contributed by atoms with Crippen molar-refractivity contribution in [3.05, 3.63) is 29.3 Å². The Hall–Kier alpha value is -1.79. The molecule has 1 atom stereocenters. The minimum absolute atomic E-state index is 0.212. The first-order valence-corrected chi connectivity index (χ1v) is 7.66. The summed E-state index contributed by atoms with van der Waals surface area (Å²) >= 11 is 5.79. The molecule has 0 aliphatic rings. The van der Waals surface area contributed by atoms with Gasteiger partial charge in [-0.15, -0.1) is 0 Å². The van der Waals surface area contributed by atoms with Crippen LogP contribution in [0.15, 0.2) is 24.3 Å². The van der Waals surface area contributed by atoms with Crippen molar-refractivity contribution in [3.63, 3.8) is 0 Å². The van der Waals surface area contributed by atoms with E-state index >= 15 is 0 Å². The van der Waals surface area contributed by atoms with Gasteiger partial charge in [-0.1, -0.05) is 18.5 Å². The number of likely N-dealkylation sites (N-methyl/N-ethyl adjacent to an activating group) is 1. The first-order chi connectivity index (χ1) is 10.5. The highest BCUT2D eigenvalue weighted by molar-refractivity contribution is 6.30. The maximum atomic E-state index is 11.6. The average Bonchev–Trinajstić information content (AvgIpc) is 2.47. The SMILES string of the molecule is CCCNC(=O)NC(=O)C[NH+](C)CCOc1ccc(Cl)cc1. The molecule has 0 aliphatic heterocycles. The van der Waals surface area contributed by atoms with Crippen molar-refractivity contribution in [3.8, 4) is 5.75 Å². The lowest BCUT2D eigenvalue weighted by molar-refractivity contribution is -0.871. The van der Waals surface area contributed by atoms with E-state index in [1.807, 2.05) is 14.0 Å². The maximum Gasteiger partial charge on any atom is 0.321 e. The van der Waals surface area contributed by atoms with Gasteiger partial charge in [0.15, 0.2) is 6.54 Å². The van der Waals surface area contributed by atoms with Crippen LogP contribution in [-0.4, -0.2) is 45.2 Å². The fraction of sp³-hybridized carbons (Fsp3) is 0.467. The van der Waals surface area contributed by atoms with Gasteiger partial charge >= 0.3 is 6.03 Å². The van der Waals surface area contributed by atoms with Gasteiger partial charge in [-0.3, -0.25) is 10.1 Å². The van der Waals surface area contributed by atoms with Gasteiger partial charge in [-0.25, -0.2) is 4.79 Å². The van der Waals surface area contributed by atoms with Crippen molar-refractivity contribution >= 4 is 23.5 Å². The summed E-state index contributed by atoms with van der Waals surface area (Å²) in [6.45, 7) is 3.83. The predicted molar refractivity (Wildman–Crippen MR) is 85.4 cm³/mol. The standard InChI is InChI=1S/C15H22ClN3O3/c1-3-8-17-15(21)18-14(20)11-19(2)9-10-22-13-6-4-12(16)5-7-13/h4-7H,3,8-11H2,1-2H3,(H2,17,18,20,21)/p+1. The summed E-state index contributed by atoms with van der Waals surface area (Å²) in [7, 11) is 1.87. The number of hydrogen-bond acceptors (Lipinski definition) is 3. The van der Waals surface area contributed by atoms with E-state index in [0.717, 1.165) is 17.1 Å². The predicted octanol–water partition coefficient (Wildman–Crippen LogP) is 0.469. The van der Waals surface area contributed by atoms with Crippen LogP contribution in [0.4, 0.5) is 4.79 Å². The Kier molecular flexibility index (Phi) is 8.32. The first kappa shape index (κ1) is 18.3. The molecule has 0 aromatic heterocycles. The zero-order valence-electron chi connectivity index (χ0n) is 12.9. The number of amides is 3. The highest BCUT2D eigenvalue weighted by atomic mass is 35.5. The molecule has 6 nitrogen and oxygen atoms in total. The van der Waals surface area contributed by atoms with Crippen LogP contribution in [0.3, 0.4) is 0 Å². The van der Waals surface area contributed by atoms with Gasteiger partial charge in [0.2, 0.25) is 0 Å². The lowest BCUT2D eigenvalue weighted by Gasteiger charge is -2.14. The van der Waals surface area contributed by atoms with Crippen molar-refractivity contribution in [2.45, 2.75) is 13.3 Å². The highest BCUT2D eigenvalue weighted by Crippen LogP contribution is 2.14. The van der Waals surface area contributed by atoms with Crippen LogP contribution in [0.1, 0.15) is 13.3 Å². The number of urea groups is 1. The smallest absolute Gasteiger partial charge is 0.321 e. The topological polar surface area (TPSA) is 71.9 Å². The fourth-order valence-corrected chi connectivity index (χ4v) is 1.82. The molecule has 0 spiro atoms. The van der Waals surface area contributed by atoms with E-state index in [0.29, 0.717) is 24.7 Å². The van der Waals surface area contributed by atoms with E-state index < -0.39 is 6.03 Å². The van der Waals surface area contributed by atoms with Gasteiger partial charge in [0.25, 0.3) is 5.91 Å². The molecule has 0 bridgehead atoms. The molecule has 0 aliphatic carbocycles. The second kappa shape index (κ2) is 10.0. The molecule has 0 saturated heterocycles. The molecule has 1 aromatic carbocycles. The molecule has 1 rings (SSSR count). The van der Waals surface area contributed by atoms with Crippen LogP contribution in [0.25, 0.3) is 0 Å². The zero-order chi connectivity index (χ0) is 16.4. The number of rotatable bonds is 8. The van der Waals surface area contributed by atoms with Crippen molar-refractivity contribution < 1.29 is 19.2 Å².